The number of carbonyl (C=O) groups is 1. The van der Waals surface area contributed by atoms with E-state index in [9.17, 15) is 14.7 Å². The van der Waals surface area contributed by atoms with Gasteiger partial charge in [0.2, 0.25) is 5.43 Å². The minimum Gasteiger partial charge on any atom is -0.503 e. The van der Waals surface area contributed by atoms with Gasteiger partial charge in [-0.15, -0.1) is 0 Å². The zero-order valence-corrected chi connectivity index (χ0v) is 11.6. The van der Waals surface area contributed by atoms with E-state index in [2.05, 4.69) is 4.90 Å². The van der Waals surface area contributed by atoms with Crippen molar-refractivity contribution in [1.29, 1.82) is 0 Å². The topological polar surface area (TPSA) is 82.8 Å². The van der Waals surface area contributed by atoms with Crippen molar-refractivity contribution in [1.82, 2.24) is 9.47 Å². The monoisotopic (exact) mass is 280 g/mol. The van der Waals surface area contributed by atoms with Gasteiger partial charge in [0.15, 0.2) is 5.75 Å². The molecule has 1 saturated heterocycles. The van der Waals surface area contributed by atoms with Crippen LogP contribution in [0.3, 0.4) is 0 Å². The third kappa shape index (κ3) is 3.19. The Labute approximate surface area is 117 Å². The Morgan fingerprint density at radius 3 is 2.60 bits per heavy atom. The highest BCUT2D eigenvalue weighted by molar-refractivity contribution is 5.71. The number of aliphatic carboxylic acids is 1. The Morgan fingerprint density at radius 2 is 2.00 bits per heavy atom. The predicted molar refractivity (Wildman–Crippen MR) is 73.8 cm³/mol. The molecule has 0 aliphatic carbocycles. The second kappa shape index (κ2) is 6.09. The predicted octanol–water partition coefficient (Wildman–Crippen LogP) is 1.19. The van der Waals surface area contributed by atoms with Crippen LogP contribution in [0.25, 0.3) is 0 Å². The molecular formula is C14H20N2O4. The normalized spacial score (nSPS) is 17.9. The number of nitrogens with zero attached hydrogens (tertiary/aromatic N) is 2. The molecule has 0 amide bonds. The van der Waals surface area contributed by atoms with Gasteiger partial charge in [0.25, 0.3) is 0 Å². The number of likely N-dealkylation sites (tertiary alicyclic amines) is 1. The van der Waals surface area contributed by atoms with Crippen molar-refractivity contribution in [3.63, 3.8) is 0 Å². The fraction of sp³-hybridized carbons (Fsp3) is 0.571. The highest BCUT2D eigenvalue weighted by Crippen LogP contribution is 2.17. The zero-order chi connectivity index (χ0) is 14.7. The molecule has 1 aromatic rings. The molecule has 1 aliphatic heterocycles. The number of piperidine rings is 1. The summed E-state index contributed by atoms with van der Waals surface area (Å²) in [7, 11) is 0. The van der Waals surface area contributed by atoms with Crippen LogP contribution in [-0.4, -0.2) is 38.7 Å². The van der Waals surface area contributed by atoms with E-state index in [0.717, 1.165) is 25.9 Å². The summed E-state index contributed by atoms with van der Waals surface area (Å²) in [6.45, 7) is 3.98. The van der Waals surface area contributed by atoms with Gasteiger partial charge in [0.05, 0.1) is 6.20 Å². The maximum absolute atomic E-state index is 11.6. The van der Waals surface area contributed by atoms with Crippen LogP contribution in [0.2, 0.25) is 0 Å². The molecular weight excluding hydrogens is 260 g/mol. The van der Waals surface area contributed by atoms with Crippen LogP contribution >= 0.6 is 0 Å². The molecule has 0 radical (unpaired) electrons. The van der Waals surface area contributed by atoms with Crippen LogP contribution in [0.1, 0.15) is 37.9 Å². The van der Waals surface area contributed by atoms with Crippen LogP contribution in [0.4, 0.5) is 0 Å². The number of carboxylic acids is 1. The number of aromatic hydroxyl groups is 1. The van der Waals surface area contributed by atoms with E-state index in [0.29, 0.717) is 12.2 Å². The van der Waals surface area contributed by atoms with E-state index in [1.807, 2.05) is 0 Å². The van der Waals surface area contributed by atoms with Gasteiger partial charge in [0.1, 0.15) is 6.04 Å². The summed E-state index contributed by atoms with van der Waals surface area (Å²) >= 11 is 0. The summed E-state index contributed by atoms with van der Waals surface area (Å²) in [5, 5.41) is 18.7. The van der Waals surface area contributed by atoms with Gasteiger partial charge in [-0.25, -0.2) is 4.79 Å². The Morgan fingerprint density at radius 1 is 1.35 bits per heavy atom. The van der Waals surface area contributed by atoms with Crippen molar-refractivity contribution >= 4 is 5.97 Å². The summed E-state index contributed by atoms with van der Waals surface area (Å²) in [5.41, 5.74) is 0.162. The van der Waals surface area contributed by atoms with Crippen LogP contribution in [0.5, 0.6) is 5.75 Å². The third-order valence-corrected chi connectivity index (χ3v) is 3.75. The smallest absolute Gasteiger partial charge is 0.326 e. The van der Waals surface area contributed by atoms with Gasteiger partial charge in [-0.1, -0.05) is 6.42 Å². The molecule has 2 N–H and O–H groups in total. The van der Waals surface area contributed by atoms with Crippen molar-refractivity contribution in [2.45, 2.75) is 38.8 Å². The molecule has 1 aliphatic rings. The van der Waals surface area contributed by atoms with Crippen LogP contribution in [0, 0.1) is 0 Å². The largest absolute Gasteiger partial charge is 0.503 e. The number of hydrogen-bond acceptors (Lipinski definition) is 4. The van der Waals surface area contributed by atoms with E-state index in [4.69, 9.17) is 5.11 Å². The Balaban J connectivity index is 2.31. The molecule has 2 heterocycles. The molecule has 110 valence electrons. The van der Waals surface area contributed by atoms with Crippen molar-refractivity contribution in [2.75, 3.05) is 13.1 Å². The molecule has 6 heteroatoms. The molecule has 1 atom stereocenters. The van der Waals surface area contributed by atoms with E-state index in [1.54, 1.807) is 0 Å². The van der Waals surface area contributed by atoms with Gasteiger partial charge in [-0.3, -0.25) is 9.69 Å². The fourth-order valence-electron chi connectivity index (χ4n) is 2.53. The summed E-state index contributed by atoms with van der Waals surface area (Å²) < 4.78 is 1.47. The number of pyridine rings is 1. The summed E-state index contributed by atoms with van der Waals surface area (Å²) in [6.07, 6.45) is 4.68. The summed E-state index contributed by atoms with van der Waals surface area (Å²) in [5.74, 6) is -1.41. The molecule has 0 spiro atoms. The second-order valence-electron chi connectivity index (χ2n) is 5.27. The highest BCUT2D eigenvalue weighted by atomic mass is 16.4. The molecule has 0 saturated carbocycles. The Hall–Kier alpha value is -1.82. The lowest BCUT2D eigenvalue weighted by Gasteiger charge is -2.28. The number of rotatable bonds is 4. The zero-order valence-electron chi connectivity index (χ0n) is 11.6. The maximum atomic E-state index is 11.6. The molecule has 0 bridgehead atoms. The van der Waals surface area contributed by atoms with E-state index >= 15 is 0 Å². The number of carboxylic acid groups (broad SMARTS) is 1. The van der Waals surface area contributed by atoms with Crippen LogP contribution < -0.4 is 5.43 Å². The summed E-state index contributed by atoms with van der Waals surface area (Å²) in [4.78, 5) is 25.0. The fourth-order valence-corrected chi connectivity index (χ4v) is 2.53. The number of aromatic nitrogens is 1. The molecule has 1 unspecified atom stereocenters. The quantitative estimate of drug-likeness (QED) is 0.865. The molecule has 1 fully saturated rings. The first-order valence-corrected chi connectivity index (χ1v) is 6.88. The van der Waals surface area contributed by atoms with Crippen LogP contribution in [0.15, 0.2) is 17.1 Å². The maximum Gasteiger partial charge on any atom is 0.326 e. The first-order chi connectivity index (χ1) is 9.49. The molecule has 0 aromatic carbocycles. The minimum atomic E-state index is -0.993. The SMILES string of the molecule is CC(C(=O)O)n1cc(O)c(=O)cc1CN1CCCCC1. The summed E-state index contributed by atoms with van der Waals surface area (Å²) in [6, 6.07) is 0.518. The Bertz CT molecular complexity index is 547. The van der Waals surface area contributed by atoms with Gasteiger partial charge in [-0.05, 0) is 32.9 Å². The lowest BCUT2D eigenvalue weighted by molar-refractivity contribution is -0.140. The third-order valence-electron chi connectivity index (χ3n) is 3.75. The van der Waals surface area contributed by atoms with E-state index in [1.165, 1.54) is 30.2 Å². The van der Waals surface area contributed by atoms with Gasteiger partial charge in [0, 0.05) is 18.3 Å². The van der Waals surface area contributed by atoms with E-state index < -0.39 is 23.2 Å². The molecule has 20 heavy (non-hydrogen) atoms. The lowest BCUT2D eigenvalue weighted by atomic mass is 10.1. The first-order valence-electron chi connectivity index (χ1n) is 6.88. The first kappa shape index (κ1) is 14.6. The molecule has 2 rings (SSSR count). The molecule has 1 aromatic heterocycles. The van der Waals surface area contributed by atoms with Gasteiger partial charge in [-0.2, -0.15) is 0 Å². The van der Waals surface area contributed by atoms with Gasteiger partial charge < -0.3 is 14.8 Å². The van der Waals surface area contributed by atoms with Crippen molar-refractivity contribution < 1.29 is 15.0 Å². The van der Waals surface area contributed by atoms with E-state index in [-0.39, 0.29) is 0 Å². The molecule has 6 nitrogen and oxygen atoms in total. The van der Waals surface area contributed by atoms with Crippen molar-refractivity contribution in [2.24, 2.45) is 0 Å². The van der Waals surface area contributed by atoms with Crippen molar-refractivity contribution in [3.8, 4) is 5.75 Å². The van der Waals surface area contributed by atoms with Crippen molar-refractivity contribution in [3.05, 3.63) is 28.2 Å². The van der Waals surface area contributed by atoms with Gasteiger partial charge >= 0.3 is 5.97 Å². The van der Waals surface area contributed by atoms with Crippen LogP contribution in [-0.2, 0) is 11.3 Å². The highest BCUT2D eigenvalue weighted by Gasteiger charge is 2.19. The average Bonchev–Trinajstić information content (AvgIpc) is 2.43. The second-order valence-corrected chi connectivity index (χ2v) is 5.27. The number of hydrogen-bond donors (Lipinski definition) is 2. The average molecular weight is 280 g/mol. The standard InChI is InChI=1S/C14H20N2O4/c1-10(14(19)20)16-9-13(18)12(17)7-11(16)8-15-5-3-2-4-6-15/h7,9-10,18H,2-6,8H2,1H3,(H,19,20). The Kier molecular flexibility index (Phi) is 4.44. The minimum absolute atomic E-state index is 0.416. The lowest BCUT2D eigenvalue weighted by Crippen LogP contribution is -2.32.